The number of furan rings is 1. The van der Waals surface area contributed by atoms with E-state index < -0.39 is 28.0 Å². The summed E-state index contributed by atoms with van der Waals surface area (Å²) in [7, 11) is -3.82. The van der Waals surface area contributed by atoms with Gasteiger partial charge in [-0.25, -0.2) is 0 Å². The number of fused-ring (bicyclic) bond motifs is 24. The molecule has 4 aromatic heterocycles. The van der Waals surface area contributed by atoms with Crippen LogP contribution in [0.5, 0.6) is 0 Å². The van der Waals surface area contributed by atoms with Gasteiger partial charge < -0.3 is 8.98 Å². The number of aromatic nitrogens is 3. The summed E-state index contributed by atoms with van der Waals surface area (Å²) in [6, 6.07) is 93.7. The van der Waals surface area contributed by atoms with Crippen molar-refractivity contribution in [1.29, 1.82) is 0 Å². The van der Waals surface area contributed by atoms with Gasteiger partial charge in [0.05, 0.1) is 22.9 Å². The standard InChI is InChI=1S/C43H38OSi.C39H32N2Si.C37H21F4N/c1-23-17-24(2)38(25(3)18-23)30-21-34-39-26(19-32-28-11-9-10-12-37(28)45(7,8)42(32)34)13-15-29-40-33-20-27(43(4,5)6)14-16-35(33)44-36(40)22-31(30)41(29)39;1-39(2,3)25-14-17-32-31(21-25)37-28-15-12-23-19-30-27-10-6-7-11-34(27)42(4,5)38(30)29-16-13-24(35(28)36(23)29)20-33(37)41(32)26-9-8-18-40-22-26;1-18-13-21(14-19(2)42-18)25-16-28-32-20(15-31-33(28)23-8-4-6-10-30(23)36(31,38)39)11-12-24-34(32)26(25)17-27-22-7-3-5-9-29(22)37(40,41)35(24)27/h9-22H,1-8H3;6-22H,1-5H3;3-17H,1-2H3. The van der Waals surface area contributed by atoms with Gasteiger partial charge in [-0.15, -0.1) is 0 Å². The van der Waals surface area contributed by atoms with Crippen LogP contribution in [0.3, 0.4) is 0 Å². The van der Waals surface area contributed by atoms with Gasteiger partial charge in [-0.2, -0.15) is 17.6 Å². The molecule has 129 heavy (non-hydrogen) atoms. The van der Waals surface area contributed by atoms with Crippen LogP contribution < -0.4 is 20.7 Å². The van der Waals surface area contributed by atoms with Crippen molar-refractivity contribution in [2.24, 2.45) is 0 Å². The summed E-state index contributed by atoms with van der Waals surface area (Å²) in [5.41, 5.74) is 25.9. The van der Waals surface area contributed by atoms with Crippen LogP contribution in [0.4, 0.5) is 17.6 Å². The zero-order valence-electron chi connectivity index (χ0n) is 74.8. The molecule has 0 spiro atoms. The smallest absolute Gasteiger partial charge is 0.300 e. The summed E-state index contributed by atoms with van der Waals surface area (Å²) in [4.78, 5) is 9.05. The summed E-state index contributed by atoms with van der Waals surface area (Å²) < 4.78 is 73.4. The van der Waals surface area contributed by atoms with Gasteiger partial charge in [0, 0.05) is 61.4 Å². The number of pyridine rings is 2. The van der Waals surface area contributed by atoms with Gasteiger partial charge in [-0.3, -0.25) is 9.97 Å². The van der Waals surface area contributed by atoms with Gasteiger partial charge >= 0.3 is 0 Å². The van der Waals surface area contributed by atoms with E-state index in [1.807, 2.05) is 56.6 Å². The Kier molecular flexibility index (Phi) is 15.8. The highest BCUT2D eigenvalue weighted by Gasteiger charge is 2.49. The molecule has 0 amide bonds. The Morgan fingerprint density at radius 2 is 0.845 bits per heavy atom. The number of rotatable bonds is 3. The largest absolute Gasteiger partial charge is 0.456 e. The minimum absolute atomic E-state index is 0.0123. The minimum atomic E-state index is -3.19. The molecule has 10 heteroatoms. The molecule has 19 aromatic carbocycles. The van der Waals surface area contributed by atoms with Crippen LogP contribution in [0, 0.1) is 34.6 Å². The lowest BCUT2D eigenvalue weighted by atomic mass is 9.82. The van der Waals surface area contributed by atoms with Crippen molar-refractivity contribution < 1.29 is 22.0 Å². The second kappa shape index (κ2) is 26.3. The Morgan fingerprint density at radius 3 is 1.49 bits per heavy atom. The number of nitrogens with zero attached hydrogens (tertiary/aromatic N) is 3. The van der Waals surface area contributed by atoms with Crippen LogP contribution in [0.25, 0.3) is 213 Å². The molecule has 0 saturated carbocycles. The quantitative estimate of drug-likeness (QED) is 0.101. The average Bonchev–Trinajstić information content (AvgIpc) is 1.52. The highest BCUT2D eigenvalue weighted by molar-refractivity contribution is 7.06. The first-order valence-corrected chi connectivity index (χ1v) is 51.1. The topological polar surface area (TPSA) is 43.9 Å². The lowest BCUT2D eigenvalue weighted by molar-refractivity contribution is 0.0480. The monoisotopic (exact) mass is 1710 g/mol. The third-order valence-electron chi connectivity index (χ3n) is 29.9. The maximum atomic E-state index is 16.2. The minimum Gasteiger partial charge on any atom is -0.456 e. The molecule has 0 atom stereocenters. The van der Waals surface area contributed by atoms with Gasteiger partial charge in [0.25, 0.3) is 11.8 Å². The summed E-state index contributed by atoms with van der Waals surface area (Å²) in [5.74, 6) is -6.36. The molecule has 0 fully saturated rings. The molecular weight excluding hydrogens is 1620 g/mol. The van der Waals surface area contributed by atoms with Crippen LogP contribution in [0.2, 0.25) is 26.2 Å². The van der Waals surface area contributed by atoms with Gasteiger partial charge in [0.1, 0.15) is 27.3 Å². The molecule has 0 N–H and O–H groups in total. The first-order valence-electron chi connectivity index (χ1n) is 45.1. The number of aryl methyl sites for hydroxylation is 5. The van der Waals surface area contributed by atoms with Crippen LogP contribution in [0.15, 0.2) is 284 Å². The van der Waals surface area contributed by atoms with Gasteiger partial charge in [-0.05, 0) is 349 Å². The summed E-state index contributed by atoms with van der Waals surface area (Å²) >= 11 is 0. The SMILES string of the molecule is CC(C)(C)c1ccc2c(c1)c1c3ccc4cc5c(c6ccc(cc1n2-c1cccnc1)c3c46)[Si](C)(C)c1ccccc1-5.Cc1cc(-c2cc3c4c(cc5ccc6c7c(cc2c6c53)-c2ccccc2C7(F)F)C(F)(F)c2ccccc2-4)cc(C)n1.Cc1cc(C)c(-c2cc3c4c(cc5ccc6c7c(cc2c6c53)oc2ccc(C(C)(C)C)cc27)-c2ccccc2[Si]4(C)C)c(C)c1. The van der Waals surface area contributed by atoms with E-state index in [1.54, 1.807) is 75.3 Å². The molecule has 23 aromatic rings. The second-order valence-electron chi connectivity index (χ2n) is 40.4. The predicted octanol–water partition coefficient (Wildman–Crippen LogP) is 30.9. The number of alkyl halides is 4. The molecule has 0 saturated heterocycles. The normalized spacial score (nSPS) is 14.9. The van der Waals surface area contributed by atoms with E-state index in [-0.39, 0.29) is 33.1 Å². The fourth-order valence-corrected chi connectivity index (χ4v) is 31.3. The second-order valence-corrected chi connectivity index (χ2v) is 49.0. The van der Waals surface area contributed by atoms with E-state index in [2.05, 4.69) is 273 Å². The Hall–Kier alpha value is -13.6. The molecule has 0 bridgehead atoms. The van der Waals surface area contributed by atoms with E-state index in [1.165, 1.54) is 171 Å². The Morgan fingerprint density at radius 1 is 0.333 bits per heavy atom. The fourth-order valence-electron chi connectivity index (χ4n) is 24.4. The molecule has 2 aliphatic heterocycles. The number of hydrogen-bond donors (Lipinski definition) is 0. The number of benzene rings is 19. The van der Waals surface area contributed by atoms with E-state index in [4.69, 9.17) is 4.42 Å². The van der Waals surface area contributed by atoms with Gasteiger partial charge in [0.2, 0.25) is 0 Å². The highest BCUT2D eigenvalue weighted by atomic mass is 28.3. The van der Waals surface area contributed by atoms with Crippen LogP contribution in [0.1, 0.15) is 103 Å². The van der Waals surface area contributed by atoms with Crippen molar-refractivity contribution in [2.75, 3.05) is 0 Å². The molecule has 2 aliphatic carbocycles. The molecule has 0 unspecified atom stereocenters. The number of halogens is 4. The van der Waals surface area contributed by atoms with Crippen LogP contribution in [-0.2, 0) is 22.7 Å². The first kappa shape index (κ1) is 77.7. The molecule has 624 valence electrons. The summed E-state index contributed by atoms with van der Waals surface area (Å²) in [6.07, 6.45) is 3.83. The van der Waals surface area contributed by atoms with E-state index >= 15 is 17.6 Å². The maximum absolute atomic E-state index is 16.2. The lowest BCUT2D eigenvalue weighted by Gasteiger charge is -2.24. The predicted molar refractivity (Wildman–Crippen MR) is 541 cm³/mol. The average molecular weight is 1710 g/mol. The Bertz CT molecular complexity index is 8920. The Labute approximate surface area is 747 Å². The van der Waals surface area contributed by atoms with E-state index in [0.717, 1.165) is 50.1 Å². The van der Waals surface area contributed by atoms with Gasteiger partial charge in [0.15, 0.2) is 0 Å². The molecule has 4 nitrogen and oxygen atoms in total. The van der Waals surface area contributed by atoms with Gasteiger partial charge in [-0.1, -0.05) is 243 Å². The molecular formula is C119H91F4N3OSi2. The zero-order valence-corrected chi connectivity index (χ0v) is 76.8. The number of hydrogen-bond acceptors (Lipinski definition) is 3. The van der Waals surface area contributed by atoms with Crippen molar-refractivity contribution in [3.63, 3.8) is 0 Å². The van der Waals surface area contributed by atoms with Crippen molar-refractivity contribution in [3.8, 4) is 72.4 Å². The van der Waals surface area contributed by atoms with Crippen LogP contribution >= 0.6 is 0 Å². The van der Waals surface area contributed by atoms with E-state index in [9.17, 15) is 0 Å². The first-order chi connectivity index (χ1) is 61.8. The van der Waals surface area contributed by atoms with Crippen molar-refractivity contribution in [1.82, 2.24) is 14.5 Å². The fraction of sp³-hybridized carbons (Fsp3) is 0.160. The highest BCUT2D eigenvalue weighted by Crippen LogP contribution is 2.61. The molecule has 0 radical (unpaired) electrons. The molecule has 4 aliphatic rings. The Balaban J connectivity index is 0.000000105. The zero-order chi connectivity index (χ0) is 88.4. The van der Waals surface area contributed by atoms with Crippen LogP contribution in [-0.4, -0.2) is 30.7 Å². The maximum Gasteiger partial charge on any atom is 0.300 e. The molecule has 6 heterocycles. The third kappa shape index (κ3) is 10.6. The lowest BCUT2D eigenvalue weighted by Crippen LogP contribution is -2.49. The molecule has 27 rings (SSSR count). The van der Waals surface area contributed by atoms with E-state index in [0.29, 0.717) is 43.8 Å². The van der Waals surface area contributed by atoms with Crippen molar-refractivity contribution in [3.05, 3.63) is 341 Å². The van der Waals surface area contributed by atoms with Crippen molar-refractivity contribution in [2.45, 2.75) is 125 Å². The van der Waals surface area contributed by atoms with Crippen molar-refractivity contribution >= 4 is 178 Å². The summed E-state index contributed by atoms with van der Waals surface area (Å²) in [5, 5.41) is 31.7. The third-order valence-corrected chi connectivity index (χ3v) is 37.0. The summed E-state index contributed by atoms with van der Waals surface area (Å²) in [6.45, 7) is 34.5.